The van der Waals surface area contributed by atoms with Crippen LogP contribution in [0.5, 0.6) is 0 Å². The highest BCUT2D eigenvalue weighted by Crippen LogP contribution is 2.18. The van der Waals surface area contributed by atoms with Crippen LogP contribution in [-0.2, 0) is 0 Å². The molecule has 6 N–H and O–H groups in total. The smallest absolute Gasteiger partial charge is 0.111 e. The third kappa shape index (κ3) is 4.53. The average Bonchev–Trinajstić information content (AvgIpc) is 2.08. The minimum atomic E-state index is -1.31. The summed E-state index contributed by atoms with van der Waals surface area (Å²) in [6.07, 6.45) is -2.34. The Labute approximate surface area is 109 Å². The van der Waals surface area contributed by atoms with Crippen LogP contribution < -0.4 is 5.73 Å². The molecule has 0 heterocycles. The highest BCUT2D eigenvalue weighted by Gasteiger charge is 2.34. The van der Waals surface area contributed by atoms with Crippen LogP contribution in [-0.4, -0.2) is 51.4 Å². The molecule has 0 aliphatic heterocycles. The van der Waals surface area contributed by atoms with Crippen molar-refractivity contribution in [1.82, 2.24) is 0 Å². The molecule has 8 heteroatoms. The predicted octanol–water partition coefficient (Wildman–Crippen LogP) is -2.33. The SMILES string of the molecule is NC1C=C(CO)C(O)[C@H](O)C1O.S.S.S. The molecule has 4 atom stereocenters. The van der Waals surface area contributed by atoms with E-state index in [1.807, 2.05) is 0 Å². The molecule has 1 rings (SSSR count). The van der Waals surface area contributed by atoms with Gasteiger partial charge in [0.2, 0.25) is 0 Å². The van der Waals surface area contributed by atoms with Gasteiger partial charge in [0.1, 0.15) is 18.3 Å². The summed E-state index contributed by atoms with van der Waals surface area (Å²) in [7, 11) is 0. The summed E-state index contributed by atoms with van der Waals surface area (Å²) in [4.78, 5) is 0. The molecule has 0 bridgehead atoms. The van der Waals surface area contributed by atoms with E-state index in [1.165, 1.54) is 6.08 Å². The number of hydrogen-bond acceptors (Lipinski definition) is 5. The standard InChI is InChI=1S/C7H13NO4.3H2S/c8-4-1-3(2-9)5(10)7(12)6(4)11;;;/h1,4-7,9-12H,2,8H2;3*1H2/t4?,5?,6?,7-;;;/m0.../s1. The fourth-order valence-electron chi connectivity index (χ4n) is 1.22. The molecule has 1 aliphatic rings. The molecule has 94 valence electrons. The first kappa shape index (κ1) is 20.9. The summed E-state index contributed by atoms with van der Waals surface area (Å²) < 4.78 is 0. The lowest BCUT2D eigenvalue weighted by Gasteiger charge is -2.32. The Morgan fingerprint density at radius 2 is 1.53 bits per heavy atom. The van der Waals surface area contributed by atoms with Gasteiger partial charge in [0.05, 0.1) is 12.6 Å². The minimum Gasteiger partial charge on any atom is -0.392 e. The molecule has 5 nitrogen and oxygen atoms in total. The van der Waals surface area contributed by atoms with Gasteiger partial charge < -0.3 is 26.2 Å². The number of rotatable bonds is 1. The molecule has 3 unspecified atom stereocenters. The van der Waals surface area contributed by atoms with E-state index in [-0.39, 0.29) is 52.7 Å². The van der Waals surface area contributed by atoms with Gasteiger partial charge in [0.25, 0.3) is 0 Å². The summed E-state index contributed by atoms with van der Waals surface area (Å²) in [6, 6.07) is -0.731. The average molecular weight is 277 g/mol. The van der Waals surface area contributed by atoms with Crippen molar-refractivity contribution in [2.45, 2.75) is 24.4 Å². The lowest BCUT2D eigenvalue weighted by molar-refractivity contribution is -0.0596. The highest BCUT2D eigenvalue weighted by molar-refractivity contribution is 7.59. The minimum absolute atomic E-state index is 0. The second kappa shape index (κ2) is 8.71. The van der Waals surface area contributed by atoms with Crippen molar-refractivity contribution >= 4 is 40.5 Å². The van der Waals surface area contributed by atoms with E-state index >= 15 is 0 Å². The van der Waals surface area contributed by atoms with E-state index in [4.69, 9.17) is 15.9 Å². The van der Waals surface area contributed by atoms with Crippen molar-refractivity contribution in [2.75, 3.05) is 6.61 Å². The van der Waals surface area contributed by atoms with Gasteiger partial charge in [0.15, 0.2) is 0 Å². The molecule has 0 spiro atoms. The van der Waals surface area contributed by atoms with Crippen LogP contribution in [0.4, 0.5) is 0 Å². The van der Waals surface area contributed by atoms with Gasteiger partial charge in [-0.25, -0.2) is 0 Å². The number of aliphatic hydroxyl groups is 4. The van der Waals surface area contributed by atoms with Gasteiger partial charge in [0, 0.05) is 0 Å². The summed E-state index contributed by atoms with van der Waals surface area (Å²) in [5, 5.41) is 36.3. The van der Waals surface area contributed by atoms with Gasteiger partial charge >= 0.3 is 0 Å². The maximum atomic E-state index is 9.23. The van der Waals surface area contributed by atoms with Crippen molar-refractivity contribution < 1.29 is 20.4 Å². The first-order valence-corrected chi connectivity index (χ1v) is 3.69. The van der Waals surface area contributed by atoms with Crippen LogP contribution in [0, 0.1) is 0 Å². The molecule has 1 aliphatic carbocycles. The third-order valence-corrected chi connectivity index (χ3v) is 2.04. The highest BCUT2D eigenvalue weighted by atomic mass is 32.1. The second-order valence-electron chi connectivity index (χ2n) is 2.90. The molecule has 0 aromatic carbocycles. The second-order valence-corrected chi connectivity index (χ2v) is 2.90. The van der Waals surface area contributed by atoms with Crippen LogP contribution in [0.3, 0.4) is 0 Å². The lowest BCUT2D eigenvalue weighted by atomic mass is 9.89. The van der Waals surface area contributed by atoms with Gasteiger partial charge in [-0.2, -0.15) is 40.5 Å². The quantitative estimate of drug-likeness (QED) is 0.346. The summed E-state index contributed by atoms with van der Waals surface area (Å²) in [5.74, 6) is 0. The topological polar surface area (TPSA) is 107 Å². The number of nitrogens with two attached hydrogens (primary N) is 1. The zero-order chi connectivity index (χ0) is 9.30. The Morgan fingerprint density at radius 1 is 1.07 bits per heavy atom. The van der Waals surface area contributed by atoms with Crippen LogP contribution >= 0.6 is 40.5 Å². The third-order valence-electron chi connectivity index (χ3n) is 2.04. The van der Waals surface area contributed by atoms with Crippen molar-refractivity contribution in [1.29, 1.82) is 0 Å². The van der Waals surface area contributed by atoms with Crippen LogP contribution in [0.2, 0.25) is 0 Å². The number of aliphatic hydroxyl groups excluding tert-OH is 4. The van der Waals surface area contributed by atoms with Crippen molar-refractivity contribution in [2.24, 2.45) is 5.73 Å². The Bertz CT molecular complexity index is 205. The Kier molecular flexibility index (Phi) is 12.2. The van der Waals surface area contributed by atoms with Gasteiger partial charge in [-0.15, -0.1) is 0 Å². The predicted molar refractivity (Wildman–Crippen MR) is 72.3 cm³/mol. The zero-order valence-corrected chi connectivity index (χ0v) is 11.0. The van der Waals surface area contributed by atoms with E-state index in [0.717, 1.165) is 0 Å². The maximum absolute atomic E-state index is 9.23. The fourth-order valence-corrected chi connectivity index (χ4v) is 1.22. The monoisotopic (exact) mass is 277 g/mol. The molecule has 0 radical (unpaired) electrons. The largest absolute Gasteiger partial charge is 0.392 e. The lowest BCUT2D eigenvalue weighted by Crippen LogP contribution is -2.52. The molecule has 0 saturated carbocycles. The van der Waals surface area contributed by atoms with Gasteiger partial charge in [-0.1, -0.05) is 6.08 Å². The van der Waals surface area contributed by atoms with Crippen LogP contribution in [0.1, 0.15) is 0 Å². The Hall–Kier alpha value is 0.590. The summed E-state index contributed by atoms with van der Waals surface area (Å²) in [5.41, 5.74) is 5.64. The van der Waals surface area contributed by atoms with E-state index < -0.39 is 24.4 Å². The fraction of sp³-hybridized carbons (Fsp3) is 0.714. The molecule has 0 fully saturated rings. The van der Waals surface area contributed by atoms with Crippen LogP contribution in [0.25, 0.3) is 0 Å². The number of hydrogen-bond donors (Lipinski definition) is 5. The van der Waals surface area contributed by atoms with Gasteiger partial charge in [-0.05, 0) is 5.57 Å². The molecule has 0 aromatic rings. The maximum Gasteiger partial charge on any atom is 0.111 e. The van der Waals surface area contributed by atoms with Crippen LogP contribution in [0.15, 0.2) is 11.6 Å². The van der Waals surface area contributed by atoms with Crippen molar-refractivity contribution in [3.05, 3.63) is 11.6 Å². The summed E-state index contributed by atoms with van der Waals surface area (Å²) >= 11 is 0. The first-order chi connectivity index (χ1) is 5.57. The summed E-state index contributed by atoms with van der Waals surface area (Å²) in [6.45, 7) is -0.362. The van der Waals surface area contributed by atoms with Crippen molar-refractivity contribution in [3.63, 3.8) is 0 Å². The Morgan fingerprint density at radius 3 is 1.93 bits per heavy atom. The zero-order valence-electron chi connectivity index (χ0n) is 7.96. The van der Waals surface area contributed by atoms with E-state index in [0.29, 0.717) is 0 Å². The van der Waals surface area contributed by atoms with Crippen molar-refractivity contribution in [3.8, 4) is 0 Å². The molecular formula is C7H19NO4S3. The van der Waals surface area contributed by atoms with E-state index in [1.54, 1.807) is 0 Å². The van der Waals surface area contributed by atoms with E-state index in [2.05, 4.69) is 0 Å². The molecular weight excluding hydrogens is 258 g/mol. The normalized spacial score (nSPS) is 34.1. The Balaban J connectivity index is -0.000000480. The van der Waals surface area contributed by atoms with Gasteiger partial charge in [-0.3, -0.25) is 0 Å². The molecule has 0 aromatic heterocycles. The molecule has 15 heavy (non-hydrogen) atoms. The first-order valence-electron chi connectivity index (χ1n) is 3.69. The molecule has 0 saturated heterocycles. The van der Waals surface area contributed by atoms with E-state index in [9.17, 15) is 10.2 Å². The molecule has 0 amide bonds.